The van der Waals surface area contributed by atoms with Crippen molar-refractivity contribution in [1.29, 1.82) is 0 Å². The summed E-state index contributed by atoms with van der Waals surface area (Å²) in [6.45, 7) is 9.95. The number of nitrogens with zero attached hydrogens (tertiary/aromatic N) is 2. The van der Waals surface area contributed by atoms with Gasteiger partial charge in [-0.2, -0.15) is 0 Å². The first-order chi connectivity index (χ1) is 12.5. The molecule has 4 aliphatic rings. The van der Waals surface area contributed by atoms with Crippen molar-refractivity contribution in [3.8, 4) is 0 Å². The maximum atomic E-state index is 13.2. The second kappa shape index (κ2) is 4.94. The molecular formula is C20H27BN2O4. The molecule has 3 fully saturated rings. The second-order valence-corrected chi connectivity index (χ2v) is 10.0. The van der Waals surface area contributed by atoms with Crippen molar-refractivity contribution in [2.24, 2.45) is 0 Å². The van der Waals surface area contributed by atoms with Crippen molar-refractivity contribution in [3.05, 3.63) is 17.8 Å². The lowest BCUT2D eigenvalue weighted by Gasteiger charge is -2.45. The number of hydrogen-bond acceptors (Lipinski definition) is 5. The minimum Gasteiger partial charge on any atom is -0.399 e. The van der Waals surface area contributed by atoms with Crippen molar-refractivity contribution >= 4 is 24.3 Å². The number of amides is 1. The molecule has 0 unspecified atom stereocenters. The maximum absolute atomic E-state index is 13.2. The average molecular weight is 370 g/mol. The number of hydrogen-bond donors (Lipinski definition) is 1. The van der Waals surface area contributed by atoms with Crippen LogP contribution >= 0.6 is 0 Å². The molecule has 1 aromatic rings. The fourth-order valence-corrected chi connectivity index (χ4v) is 4.65. The summed E-state index contributed by atoms with van der Waals surface area (Å²) in [5, 5.41) is 10.1. The molecule has 0 radical (unpaired) electrons. The Labute approximate surface area is 160 Å². The third-order valence-corrected chi connectivity index (χ3v) is 7.25. The Bertz CT molecular complexity index is 822. The van der Waals surface area contributed by atoms with E-state index in [4.69, 9.17) is 9.31 Å². The molecule has 6 nitrogen and oxygen atoms in total. The van der Waals surface area contributed by atoms with Crippen molar-refractivity contribution in [2.45, 2.75) is 88.6 Å². The van der Waals surface area contributed by atoms with Crippen LogP contribution in [0.4, 0.5) is 5.82 Å². The summed E-state index contributed by atoms with van der Waals surface area (Å²) in [5.41, 5.74) is -0.0305. The van der Waals surface area contributed by atoms with E-state index in [0.717, 1.165) is 29.7 Å². The molecule has 7 heteroatoms. The summed E-state index contributed by atoms with van der Waals surface area (Å²) >= 11 is 0. The summed E-state index contributed by atoms with van der Waals surface area (Å²) in [7, 11) is -0.475. The first kappa shape index (κ1) is 17.6. The zero-order valence-electron chi connectivity index (χ0n) is 16.7. The highest BCUT2D eigenvalue weighted by Gasteiger charge is 2.63. The number of anilines is 1. The van der Waals surface area contributed by atoms with Crippen LogP contribution in [0.25, 0.3) is 0 Å². The average Bonchev–Trinajstić information content (AvgIpc) is 3.25. The van der Waals surface area contributed by atoms with Crippen molar-refractivity contribution < 1.29 is 19.2 Å². The number of carbonyl (C=O) groups is 1. The second-order valence-electron chi connectivity index (χ2n) is 10.0. The number of aliphatic hydroxyl groups is 1. The van der Waals surface area contributed by atoms with E-state index in [9.17, 15) is 9.90 Å². The molecule has 0 atom stereocenters. The minimum atomic E-state index is -0.674. The van der Waals surface area contributed by atoms with Gasteiger partial charge < -0.3 is 14.4 Å². The van der Waals surface area contributed by atoms with Crippen molar-refractivity contribution in [3.63, 3.8) is 0 Å². The molecule has 144 valence electrons. The van der Waals surface area contributed by atoms with Crippen LogP contribution in [0.1, 0.15) is 65.9 Å². The zero-order valence-corrected chi connectivity index (χ0v) is 16.7. The molecule has 2 aliphatic carbocycles. The lowest BCUT2D eigenvalue weighted by Crippen LogP contribution is -2.55. The van der Waals surface area contributed by atoms with Gasteiger partial charge in [0.15, 0.2) is 0 Å². The van der Waals surface area contributed by atoms with E-state index in [1.807, 2.05) is 39.5 Å². The topological polar surface area (TPSA) is 71.9 Å². The van der Waals surface area contributed by atoms with E-state index < -0.39 is 29.3 Å². The maximum Gasteiger partial charge on any atom is 0.496 e. The third-order valence-electron chi connectivity index (χ3n) is 7.25. The van der Waals surface area contributed by atoms with Gasteiger partial charge in [0.25, 0.3) is 0 Å². The van der Waals surface area contributed by atoms with Gasteiger partial charge in [-0.05, 0) is 60.3 Å². The van der Waals surface area contributed by atoms with E-state index in [2.05, 4.69) is 11.1 Å². The predicted molar refractivity (Wildman–Crippen MR) is 102 cm³/mol. The van der Waals surface area contributed by atoms with Crippen LogP contribution < -0.4 is 10.4 Å². The minimum absolute atomic E-state index is 0.0430. The number of pyridine rings is 1. The van der Waals surface area contributed by atoms with Crippen LogP contribution in [0.3, 0.4) is 0 Å². The molecule has 1 amide bonds. The Morgan fingerprint density at radius 1 is 1.15 bits per heavy atom. The van der Waals surface area contributed by atoms with Gasteiger partial charge in [0, 0.05) is 23.3 Å². The van der Waals surface area contributed by atoms with Gasteiger partial charge in [-0.25, -0.2) is 4.98 Å². The van der Waals surface area contributed by atoms with E-state index in [-0.39, 0.29) is 11.9 Å². The molecule has 5 rings (SSSR count). The Kier molecular flexibility index (Phi) is 3.23. The lowest BCUT2D eigenvalue weighted by molar-refractivity contribution is -0.122. The van der Waals surface area contributed by atoms with Gasteiger partial charge in [-0.15, -0.1) is 0 Å². The van der Waals surface area contributed by atoms with Crippen LogP contribution in [-0.2, 0) is 19.5 Å². The monoisotopic (exact) mass is 370 g/mol. The van der Waals surface area contributed by atoms with E-state index in [1.54, 1.807) is 6.20 Å². The quantitative estimate of drug-likeness (QED) is 0.802. The van der Waals surface area contributed by atoms with Gasteiger partial charge >= 0.3 is 7.12 Å². The molecule has 27 heavy (non-hydrogen) atoms. The van der Waals surface area contributed by atoms with Crippen molar-refractivity contribution in [2.75, 3.05) is 4.90 Å². The molecule has 3 heterocycles. The lowest BCUT2D eigenvalue weighted by atomic mass is 9.76. The highest BCUT2D eigenvalue weighted by atomic mass is 16.7. The van der Waals surface area contributed by atoms with Gasteiger partial charge in [0.1, 0.15) is 5.82 Å². The standard InChI is InChI=1S/C20H27BN2O4/c1-17(2)18(3,4)27-21(26-17)12-8-14-15(22-11-12)23(13-9-19(5,25)10-13)16(24)20(14)6-7-20/h8,11,13,25H,6-7,9-10H2,1-5H3. The third kappa shape index (κ3) is 2.31. The highest BCUT2D eigenvalue weighted by molar-refractivity contribution is 6.62. The van der Waals surface area contributed by atoms with E-state index >= 15 is 0 Å². The molecule has 2 aliphatic heterocycles. The molecule has 0 bridgehead atoms. The van der Waals surface area contributed by atoms with Crippen molar-refractivity contribution in [1.82, 2.24) is 4.98 Å². The van der Waals surface area contributed by atoms with Crippen LogP contribution in [0.2, 0.25) is 0 Å². The molecule has 1 aromatic heterocycles. The van der Waals surface area contributed by atoms with Gasteiger partial charge in [-0.1, -0.05) is 6.07 Å². The fourth-order valence-electron chi connectivity index (χ4n) is 4.65. The number of aromatic nitrogens is 1. The Morgan fingerprint density at radius 2 is 1.74 bits per heavy atom. The number of fused-ring (bicyclic) bond motifs is 2. The fraction of sp³-hybridized carbons (Fsp3) is 0.700. The van der Waals surface area contributed by atoms with E-state index in [1.165, 1.54) is 0 Å². The summed E-state index contributed by atoms with van der Waals surface area (Å²) in [6, 6.07) is 2.10. The summed E-state index contributed by atoms with van der Waals surface area (Å²) in [4.78, 5) is 19.7. The van der Waals surface area contributed by atoms with Crippen LogP contribution in [0, 0.1) is 0 Å². The van der Waals surface area contributed by atoms with Crippen LogP contribution in [0.15, 0.2) is 12.3 Å². The summed E-state index contributed by atoms with van der Waals surface area (Å²) in [5.74, 6) is 0.912. The normalized spacial score (nSPS) is 34.7. The summed E-state index contributed by atoms with van der Waals surface area (Å²) < 4.78 is 12.3. The molecule has 2 saturated carbocycles. The molecular weight excluding hydrogens is 343 g/mol. The molecule has 1 N–H and O–H groups in total. The molecule has 1 saturated heterocycles. The van der Waals surface area contributed by atoms with Gasteiger partial charge in [0.05, 0.1) is 22.2 Å². The molecule has 0 aromatic carbocycles. The first-order valence-electron chi connectivity index (χ1n) is 9.88. The largest absolute Gasteiger partial charge is 0.496 e. The Hall–Kier alpha value is -1.44. The molecule has 1 spiro atoms. The SMILES string of the molecule is CC1(O)CC(N2C(=O)C3(CC3)c3cc(B4OC(C)(C)C(C)(C)O4)cnc32)C1. The van der Waals surface area contributed by atoms with Gasteiger partial charge in [0.2, 0.25) is 5.91 Å². The Morgan fingerprint density at radius 3 is 2.26 bits per heavy atom. The van der Waals surface area contributed by atoms with Crippen LogP contribution in [0.5, 0.6) is 0 Å². The summed E-state index contributed by atoms with van der Waals surface area (Å²) in [6.07, 6.45) is 4.73. The van der Waals surface area contributed by atoms with Crippen LogP contribution in [-0.4, -0.2) is 46.0 Å². The van der Waals surface area contributed by atoms with E-state index in [0.29, 0.717) is 12.8 Å². The Balaban J connectivity index is 1.49. The number of rotatable bonds is 2. The number of carbonyl (C=O) groups excluding carboxylic acids is 1. The highest BCUT2D eigenvalue weighted by Crippen LogP contribution is 2.58. The smallest absolute Gasteiger partial charge is 0.399 e. The van der Waals surface area contributed by atoms with Gasteiger partial charge in [-0.3, -0.25) is 9.69 Å². The first-order valence-corrected chi connectivity index (χ1v) is 9.88. The predicted octanol–water partition coefficient (Wildman–Crippen LogP) is 1.67. The zero-order chi connectivity index (χ0) is 19.4.